The summed E-state index contributed by atoms with van der Waals surface area (Å²) in [4.78, 5) is 25.5. The van der Waals surface area contributed by atoms with Gasteiger partial charge in [-0.3, -0.25) is 14.5 Å². The third-order valence-electron chi connectivity index (χ3n) is 4.01. The number of aromatic nitrogens is 2. The van der Waals surface area contributed by atoms with E-state index >= 15 is 0 Å². The predicted molar refractivity (Wildman–Crippen MR) is 84.3 cm³/mol. The molecule has 1 aromatic rings. The maximum absolute atomic E-state index is 11.9. The van der Waals surface area contributed by atoms with Gasteiger partial charge in [0.05, 0.1) is 6.42 Å². The Balaban J connectivity index is 1.75. The first-order valence-corrected chi connectivity index (χ1v) is 8.08. The van der Waals surface area contributed by atoms with Gasteiger partial charge in [-0.05, 0) is 19.9 Å². The number of carbonyl (C=O) groups is 2. The molecule has 9 heteroatoms. The SMILES string of the molecule is CNC(=O)C[C@H]1CC[C@@H](CNC(=O)Cc2nnc(N)s2)N1C. The van der Waals surface area contributed by atoms with Gasteiger partial charge in [-0.1, -0.05) is 11.3 Å². The van der Waals surface area contributed by atoms with E-state index in [2.05, 4.69) is 25.7 Å². The maximum atomic E-state index is 11.9. The van der Waals surface area contributed by atoms with Crippen molar-refractivity contribution in [2.24, 2.45) is 0 Å². The van der Waals surface area contributed by atoms with E-state index in [0.29, 0.717) is 23.1 Å². The molecule has 0 aromatic carbocycles. The van der Waals surface area contributed by atoms with Gasteiger partial charge in [0.25, 0.3) is 0 Å². The molecular weight excluding hydrogens is 304 g/mol. The third kappa shape index (κ3) is 4.38. The molecule has 2 atom stereocenters. The third-order valence-corrected chi connectivity index (χ3v) is 4.77. The molecule has 0 bridgehead atoms. The summed E-state index contributed by atoms with van der Waals surface area (Å²) in [6.07, 6.45) is 2.65. The van der Waals surface area contributed by atoms with Crippen LogP contribution in [0.1, 0.15) is 24.3 Å². The molecule has 4 N–H and O–H groups in total. The fourth-order valence-electron chi connectivity index (χ4n) is 2.67. The molecule has 122 valence electrons. The van der Waals surface area contributed by atoms with Crippen molar-refractivity contribution in [3.63, 3.8) is 0 Å². The van der Waals surface area contributed by atoms with Gasteiger partial charge in [0.2, 0.25) is 16.9 Å². The molecule has 0 spiro atoms. The van der Waals surface area contributed by atoms with Crippen LogP contribution in [0.5, 0.6) is 0 Å². The summed E-state index contributed by atoms with van der Waals surface area (Å²) < 4.78 is 0. The van der Waals surface area contributed by atoms with Crippen LogP contribution >= 0.6 is 11.3 Å². The summed E-state index contributed by atoms with van der Waals surface area (Å²) in [5.74, 6) is -0.0327. The number of likely N-dealkylation sites (tertiary alicyclic amines) is 1. The Bertz CT molecular complexity index is 534. The first kappa shape index (κ1) is 16.6. The first-order valence-electron chi connectivity index (χ1n) is 7.26. The van der Waals surface area contributed by atoms with Crippen LogP contribution in [0.4, 0.5) is 5.13 Å². The van der Waals surface area contributed by atoms with Crippen LogP contribution in [-0.2, 0) is 16.0 Å². The minimum Gasteiger partial charge on any atom is -0.374 e. The van der Waals surface area contributed by atoms with Gasteiger partial charge in [-0.15, -0.1) is 10.2 Å². The van der Waals surface area contributed by atoms with Gasteiger partial charge in [0.15, 0.2) is 0 Å². The number of likely N-dealkylation sites (N-methyl/N-ethyl adjacent to an activating group) is 1. The van der Waals surface area contributed by atoms with E-state index in [9.17, 15) is 9.59 Å². The van der Waals surface area contributed by atoms with E-state index in [1.54, 1.807) is 7.05 Å². The number of nitrogens with two attached hydrogens (primary N) is 1. The van der Waals surface area contributed by atoms with Crippen LogP contribution in [0.3, 0.4) is 0 Å². The average molecular weight is 326 g/mol. The lowest BCUT2D eigenvalue weighted by atomic mass is 10.1. The first-order chi connectivity index (χ1) is 10.5. The van der Waals surface area contributed by atoms with Crippen LogP contribution in [0, 0.1) is 0 Å². The molecule has 1 aromatic heterocycles. The van der Waals surface area contributed by atoms with Crippen LogP contribution in [0.15, 0.2) is 0 Å². The Kier molecular flexibility index (Phi) is 5.67. The number of carbonyl (C=O) groups excluding carboxylic acids is 2. The van der Waals surface area contributed by atoms with E-state index in [0.717, 1.165) is 12.8 Å². The van der Waals surface area contributed by atoms with Crippen molar-refractivity contribution < 1.29 is 9.59 Å². The molecule has 1 aliphatic rings. The van der Waals surface area contributed by atoms with Crippen molar-refractivity contribution in [1.82, 2.24) is 25.7 Å². The summed E-state index contributed by atoms with van der Waals surface area (Å²) in [7, 11) is 3.65. The molecule has 22 heavy (non-hydrogen) atoms. The summed E-state index contributed by atoms with van der Waals surface area (Å²) >= 11 is 1.22. The highest BCUT2D eigenvalue weighted by Gasteiger charge is 2.31. The van der Waals surface area contributed by atoms with Gasteiger partial charge in [0.1, 0.15) is 5.01 Å². The number of nitrogens with zero attached hydrogens (tertiary/aromatic N) is 3. The van der Waals surface area contributed by atoms with Crippen molar-refractivity contribution in [3.05, 3.63) is 5.01 Å². The molecule has 2 rings (SSSR count). The average Bonchev–Trinajstić information content (AvgIpc) is 3.04. The number of hydrogen-bond donors (Lipinski definition) is 3. The molecule has 0 radical (unpaired) electrons. The lowest BCUT2D eigenvalue weighted by Crippen LogP contribution is -2.42. The van der Waals surface area contributed by atoms with Gasteiger partial charge in [-0.2, -0.15) is 0 Å². The van der Waals surface area contributed by atoms with Gasteiger partial charge in [-0.25, -0.2) is 0 Å². The zero-order valence-electron chi connectivity index (χ0n) is 12.8. The van der Waals surface area contributed by atoms with E-state index in [1.807, 2.05) is 7.05 Å². The smallest absolute Gasteiger partial charge is 0.227 e. The highest BCUT2D eigenvalue weighted by molar-refractivity contribution is 7.15. The van der Waals surface area contributed by atoms with E-state index in [-0.39, 0.29) is 30.3 Å². The molecule has 2 amide bonds. The molecule has 2 heterocycles. The fraction of sp³-hybridized carbons (Fsp3) is 0.692. The van der Waals surface area contributed by atoms with Crippen molar-refractivity contribution in [2.45, 2.75) is 37.8 Å². The lowest BCUT2D eigenvalue weighted by Gasteiger charge is -2.25. The summed E-state index contributed by atoms with van der Waals surface area (Å²) in [6.45, 7) is 0.577. The number of rotatable bonds is 6. The monoisotopic (exact) mass is 326 g/mol. The number of anilines is 1. The molecule has 0 unspecified atom stereocenters. The Morgan fingerprint density at radius 1 is 1.32 bits per heavy atom. The zero-order chi connectivity index (χ0) is 16.1. The van der Waals surface area contributed by atoms with E-state index < -0.39 is 0 Å². The molecular formula is C13H22N6O2S. The number of hydrogen-bond acceptors (Lipinski definition) is 7. The van der Waals surface area contributed by atoms with Gasteiger partial charge >= 0.3 is 0 Å². The van der Waals surface area contributed by atoms with Crippen LogP contribution in [0.2, 0.25) is 0 Å². The quantitative estimate of drug-likeness (QED) is 0.642. The summed E-state index contributed by atoms with van der Waals surface area (Å²) in [5.41, 5.74) is 5.49. The Hall–Kier alpha value is -1.74. The molecule has 0 saturated carbocycles. The highest BCUT2D eigenvalue weighted by atomic mass is 32.1. The Labute approximate surface area is 133 Å². The molecule has 1 fully saturated rings. The zero-order valence-corrected chi connectivity index (χ0v) is 13.7. The van der Waals surface area contributed by atoms with Crippen molar-refractivity contribution in [3.8, 4) is 0 Å². The second-order valence-electron chi connectivity index (χ2n) is 5.44. The lowest BCUT2D eigenvalue weighted by molar-refractivity contribution is -0.122. The topological polar surface area (TPSA) is 113 Å². The van der Waals surface area contributed by atoms with Crippen LogP contribution in [0.25, 0.3) is 0 Å². The Morgan fingerprint density at radius 3 is 2.68 bits per heavy atom. The highest BCUT2D eigenvalue weighted by Crippen LogP contribution is 2.24. The molecule has 1 aliphatic heterocycles. The fourth-order valence-corrected chi connectivity index (χ4v) is 3.28. The van der Waals surface area contributed by atoms with Crippen molar-refractivity contribution in [2.75, 3.05) is 26.4 Å². The van der Waals surface area contributed by atoms with Crippen LogP contribution in [-0.4, -0.2) is 59.6 Å². The van der Waals surface area contributed by atoms with Gasteiger partial charge in [0, 0.05) is 32.1 Å². The summed E-state index contributed by atoms with van der Waals surface area (Å²) in [6, 6.07) is 0.503. The standard InChI is InChI=1S/C13H22N6O2S/c1-15-10(20)5-8-3-4-9(19(8)2)7-16-11(21)6-12-17-18-13(14)22-12/h8-9H,3-7H2,1-2H3,(H2,14,18)(H,15,20)(H,16,21)/t8-,9+/m1/s1. The number of nitrogens with one attached hydrogen (secondary N) is 2. The summed E-state index contributed by atoms with van der Waals surface area (Å²) in [5, 5.41) is 14.1. The van der Waals surface area contributed by atoms with Crippen molar-refractivity contribution >= 4 is 28.3 Å². The van der Waals surface area contributed by atoms with Crippen molar-refractivity contribution in [1.29, 1.82) is 0 Å². The molecule has 1 saturated heterocycles. The largest absolute Gasteiger partial charge is 0.374 e. The number of amides is 2. The normalized spacial score (nSPS) is 21.7. The van der Waals surface area contributed by atoms with E-state index in [4.69, 9.17) is 5.73 Å². The van der Waals surface area contributed by atoms with E-state index in [1.165, 1.54) is 11.3 Å². The number of nitrogen functional groups attached to an aromatic ring is 1. The minimum atomic E-state index is -0.0840. The molecule has 8 nitrogen and oxygen atoms in total. The van der Waals surface area contributed by atoms with Gasteiger partial charge < -0.3 is 16.4 Å². The molecule has 0 aliphatic carbocycles. The predicted octanol–water partition coefficient (Wildman–Crippen LogP) is -0.622. The maximum Gasteiger partial charge on any atom is 0.227 e. The Morgan fingerprint density at radius 2 is 2.05 bits per heavy atom. The minimum absolute atomic E-state index is 0.0513. The second-order valence-corrected chi connectivity index (χ2v) is 6.54. The van der Waals surface area contributed by atoms with Crippen LogP contribution < -0.4 is 16.4 Å². The second kappa shape index (κ2) is 7.50.